The number of carbonyl (C=O) groups excluding carboxylic acids is 1. The van der Waals surface area contributed by atoms with Gasteiger partial charge in [0.15, 0.2) is 0 Å². The molecule has 3 aromatic rings. The molecule has 200 valence electrons. The highest BCUT2D eigenvalue weighted by atomic mass is 32.2. The second-order valence-corrected chi connectivity index (χ2v) is 11.5. The first kappa shape index (κ1) is 26.4. The van der Waals surface area contributed by atoms with Gasteiger partial charge in [0.05, 0.1) is 25.0 Å². The fourth-order valence-electron chi connectivity index (χ4n) is 4.83. The number of nitrogen functional groups attached to an aromatic ring is 1. The number of nitrogens with two attached hydrogens (primary N) is 1. The van der Waals surface area contributed by atoms with E-state index in [0.717, 1.165) is 6.42 Å². The molecule has 0 radical (unpaired) electrons. The zero-order valence-electron chi connectivity index (χ0n) is 21.2. The third kappa shape index (κ3) is 5.37. The number of ether oxygens (including phenoxy) is 1. The van der Waals surface area contributed by atoms with E-state index in [1.54, 1.807) is 30.3 Å². The number of methoxy groups -OCH3 is 1. The van der Waals surface area contributed by atoms with Crippen molar-refractivity contribution in [3.05, 3.63) is 59.8 Å². The molecular weight excluding hydrogens is 494 g/mol. The molecule has 1 atom stereocenters. The van der Waals surface area contributed by atoms with Crippen molar-refractivity contribution in [2.24, 2.45) is 5.92 Å². The van der Waals surface area contributed by atoms with Crippen molar-refractivity contribution in [3.63, 3.8) is 0 Å². The van der Waals surface area contributed by atoms with E-state index in [1.165, 1.54) is 25.4 Å². The van der Waals surface area contributed by atoms with Gasteiger partial charge in [0, 0.05) is 26.7 Å². The lowest BCUT2D eigenvalue weighted by Gasteiger charge is -2.34. The van der Waals surface area contributed by atoms with Gasteiger partial charge in [-0.25, -0.2) is 23.1 Å². The van der Waals surface area contributed by atoms with Crippen LogP contribution in [-0.4, -0.2) is 48.6 Å². The van der Waals surface area contributed by atoms with E-state index < -0.39 is 15.9 Å². The molecular formula is C26H35N5O5S. The lowest BCUT2D eigenvalue weighted by Crippen LogP contribution is -2.41. The molecule has 0 bridgehead atoms. The summed E-state index contributed by atoms with van der Waals surface area (Å²) in [6.07, 6.45) is 2.24. The number of anilines is 2. The molecule has 2 aromatic heterocycles. The fraction of sp³-hybridized carbons (Fsp3) is 0.346. The normalized spacial score (nSPS) is 17.0. The Morgan fingerprint density at radius 2 is 2.05 bits per heavy atom. The summed E-state index contributed by atoms with van der Waals surface area (Å²) in [5, 5.41) is 9.69. The Balaban J connectivity index is 0.00000267. The van der Waals surface area contributed by atoms with E-state index in [0.29, 0.717) is 40.9 Å². The highest BCUT2D eigenvalue weighted by Crippen LogP contribution is 2.38. The number of aromatic nitrogens is 2. The second kappa shape index (κ2) is 9.98. The molecule has 1 saturated heterocycles. The number of rotatable bonds is 7. The third-order valence-corrected chi connectivity index (χ3v) is 7.82. The highest BCUT2D eigenvalue weighted by Gasteiger charge is 2.39. The van der Waals surface area contributed by atoms with Crippen LogP contribution in [0.15, 0.2) is 53.6 Å². The van der Waals surface area contributed by atoms with E-state index >= 15 is 0 Å². The van der Waals surface area contributed by atoms with Crippen LogP contribution in [0, 0.1) is 5.92 Å². The van der Waals surface area contributed by atoms with Gasteiger partial charge in [-0.3, -0.25) is 4.79 Å². The number of benzene rings is 1. The minimum absolute atomic E-state index is 0. The first-order chi connectivity index (χ1) is 17.4. The largest absolute Gasteiger partial charge is 0.497 e. The van der Waals surface area contributed by atoms with Crippen molar-refractivity contribution in [1.82, 2.24) is 14.7 Å². The maximum absolute atomic E-state index is 13.4. The molecule has 11 heteroatoms. The van der Waals surface area contributed by atoms with Crippen LogP contribution in [0.5, 0.6) is 5.75 Å². The Kier molecular flexibility index (Phi) is 7.11. The molecule has 1 aliphatic heterocycles. The summed E-state index contributed by atoms with van der Waals surface area (Å²) in [6.45, 7) is 6.72. The molecule has 1 aromatic carbocycles. The van der Waals surface area contributed by atoms with Crippen LogP contribution in [0.25, 0.3) is 11.3 Å². The molecule has 3 heterocycles. The van der Waals surface area contributed by atoms with Gasteiger partial charge in [-0.1, -0.05) is 6.92 Å². The molecule has 10 nitrogen and oxygen atoms in total. The average molecular weight is 530 g/mol. The van der Waals surface area contributed by atoms with Crippen LogP contribution < -0.4 is 20.1 Å². The minimum atomic E-state index is -4.28. The molecule has 0 unspecified atom stereocenters. The van der Waals surface area contributed by atoms with E-state index in [-0.39, 0.29) is 31.3 Å². The first-order valence-electron chi connectivity index (χ1n) is 11.8. The van der Waals surface area contributed by atoms with Crippen LogP contribution in [0.4, 0.5) is 11.6 Å². The van der Waals surface area contributed by atoms with Gasteiger partial charge in [-0.05, 0) is 74.2 Å². The molecule has 1 aliphatic rings. The van der Waals surface area contributed by atoms with E-state index in [2.05, 4.69) is 30.5 Å². The maximum atomic E-state index is 13.4. The molecule has 1 amide bonds. The van der Waals surface area contributed by atoms with Crippen molar-refractivity contribution in [1.29, 1.82) is 0 Å². The summed E-state index contributed by atoms with van der Waals surface area (Å²) in [5.41, 5.74) is 7.42. The Hall–Kier alpha value is -3.70. The number of pyridine rings is 2. The van der Waals surface area contributed by atoms with Gasteiger partial charge < -0.3 is 20.5 Å². The average Bonchev–Trinajstić information content (AvgIpc) is 3.14. The fourth-order valence-corrected chi connectivity index (χ4v) is 5.88. The number of carbonyl (C=O) groups is 1. The Morgan fingerprint density at radius 3 is 2.68 bits per heavy atom. The van der Waals surface area contributed by atoms with Crippen LogP contribution >= 0.6 is 0 Å². The smallest absolute Gasteiger partial charge is 0.268 e. The molecule has 1 fully saturated rings. The number of amides is 1. The molecule has 0 aliphatic carbocycles. The number of hydrogen-bond donors (Lipinski definition) is 3. The standard InChI is InChI=1S/C26H31N5O5S.2H2/c1-16-13-26(2,3)31(14-16)24-20(25(33)30-37(34,35)22-6-5-9-28-23(22)27)7-8-21(29-24)18-10-17(15-32)11-19(12-18)36-4;;/h5-12,16,32H,13-15H2,1-4H3,(H2,27,28)(H,30,33);2*1H/t16-;;/m0../s1. The number of aliphatic hydroxyl groups is 1. The minimum Gasteiger partial charge on any atom is -0.497 e. The lowest BCUT2D eigenvalue weighted by atomic mass is 9.97. The topological polar surface area (TPSA) is 148 Å². The molecule has 37 heavy (non-hydrogen) atoms. The Morgan fingerprint density at radius 1 is 1.30 bits per heavy atom. The van der Waals surface area contributed by atoms with Crippen LogP contribution in [0.1, 0.15) is 46.0 Å². The maximum Gasteiger partial charge on any atom is 0.268 e. The molecule has 4 rings (SSSR count). The van der Waals surface area contributed by atoms with Crippen LogP contribution in [0.2, 0.25) is 0 Å². The second-order valence-electron chi connectivity index (χ2n) is 9.85. The van der Waals surface area contributed by atoms with Crippen molar-refractivity contribution >= 4 is 27.6 Å². The predicted octanol–water partition coefficient (Wildman–Crippen LogP) is 3.46. The molecule has 0 spiro atoms. The summed E-state index contributed by atoms with van der Waals surface area (Å²) in [7, 11) is -2.74. The SMILES string of the molecule is COc1cc(CO)cc(-c2ccc(C(=O)NS(=O)(=O)c3cccnc3N)c(N3C[C@@H](C)CC3(C)C)n2)c1.[HH].[HH]. The zero-order chi connectivity index (χ0) is 27.0. The van der Waals surface area contributed by atoms with Crippen molar-refractivity contribution in [2.75, 3.05) is 24.3 Å². The lowest BCUT2D eigenvalue weighted by molar-refractivity contribution is 0.0981. The summed E-state index contributed by atoms with van der Waals surface area (Å²) < 4.78 is 33.4. The van der Waals surface area contributed by atoms with Crippen molar-refractivity contribution < 1.29 is 25.9 Å². The highest BCUT2D eigenvalue weighted by molar-refractivity contribution is 7.90. The van der Waals surface area contributed by atoms with Gasteiger partial charge in [0.25, 0.3) is 15.9 Å². The van der Waals surface area contributed by atoms with Gasteiger partial charge in [0.1, 0.15) is 22.3 Å². The van der Waals surface area contributed by atoms with Gasteiger partial charge in [-0.15, -0.1) is 0 Å². The molecule has 4 N–H and O–H groups in total. The third-order valence-electron chi connectivity index (χ3n) is 6.45. The quantitative estimate of drug-likeness (QED) is 0.418. The number of nitrogens with one attached hydrogen (secondary N) is 1. The van der Waals surface area contributed by atoms with Crippen molar-refractivity contribution in [3.8, 4) is 17.0 Å². The van der Waals surface area contributed by atoms with E-state index in [4.69, 9.17) is 15.5 Å². The van der Waals surface area contributed by atoms with Gasteiger partial charge in [-0.2, -0.15) is 0 Å². The van der Waals surface area contributed by atoms with Crippen molar-refractivity contribution in [2.45, 2.75) is 44.2 Å². The Labute approximate surface area is 219 Å². The summed E-state index contributed by atoms with van der Waals surface area (Å²) in [4.78, 5) is 23.8. The zero-order valence-corrected chi connectivity index (χ0v) is 22.0. The van der Waals surface area contributed by atoms with Gasteiger partial charge >= 0.3 is 0 Å². The monoisotopic (exact) mass is 529 g/mol. The summed E-state index contributed by atoms with van der Waals surface area (Å²) in [6, 6.07) is 11.2. The number of hydrogen-bond acceptors (Lipinski definition) is 9. The van der Waals surface area contributed by atoms with Crippen LogP contribution in [0.3, 0.4) is 0 Å². The first-order valence-corrected chi connectivity index (χ1v) is 13.3. The van der Waals surface area contributed by atoms with Crippen LogP contribution in [-0.2, 0) is 16.6 Å². The number of sulfonamides is 1. The predicted molar refractivity (Wildman–Crippen MR) is 145 cm³/mol. The Bertz CT molecular complexity index is 1430. The summed E-state index contributed by atoms with van der Waals surface area (Å²) >= 11 is 0. The summed E-state index contributed by atoms with van der Waals surface area (Å²) in [5.74, 6) is 0.236. The number of aliphatic hydroxyl groups excluding tert-OH is 1. The molecule has 0 saturated carbocycles. The number of nitrogens with zero attached hydrogens (tertiary/aromatic N) is 3. The van der Waals surface area contributed by atoms with E-state index in [1.807, 2.05) is 4.90 Å². The van der Waals surface area contributed by atoms with Gasteiger partial charge in [0.2, 0.25) is 0 Å². The van der Waals surface area contributed by atoms with E-state index in [9.17, 15) is 18.3 Å².